The zero-order chi connectivity index (χ0) is 11.5. The molecule has 0 amide bonds. The van der Waals surface area contributed by atoms with Crippen molar-refractivity contribution in [2.24, 2.45) is 5.73 Å². The third-order valence-corrected chi connectivity index (χ3v) is 3.52. The molecule has 1 aliphatic carbocycles. The van der Waals surface area contributed by atoms with Crippen LogP contribution in [0.4, 0.5) is 0 Å². The van der Waals surface area contributed by atoms with Crippen molar-refractivity contribution in [3.63, 3.8) is 0 Å². The molecule has 1 aromatic carbocycles. The van der Waals surface area contributed by atoms with E-state index in [0.717, 1.165) is 6.54 Å². The van der Waals surface area contributed by atoms with E-state index in [1.165, 1.54) is 30.4 Å². The van der Waals surface area contributed by atoms with Crippen molar-refractivity contribution in [2.75, 3.05) is 13.6 Å². The maximum Gasteiger partial charge on any atom is 0.0139 e. The lowest BCUT2D eigenvalue weighted by Gasteiger charge is -2.33. The molecule has 1 aromatic rings. The minimum atomic E-state index is 0. The van der Waals surface area contributed by atoms with E-state index in [4.69, 9.17) is 5.73 Å². The molecule has 2 N–H and O–H groups in total. The van der Waals surface area contributed by atoms with Gasteiger partial charge < -0.3 is 10.6 Å². The van der Waals surface area contributed by atoms with Gasteiger partial charge in [-0.05, 0) is 44.4 Å². The smallest absolute Gasteiger partial charge is 0.0139 e. The second kappa shape index (κ2) is 6.39. The Hall–Kier alpha value is -0.570. The van der Waals surface area contributed by atoms with Gasteiger partial charge in [-0.3, -0.25) is 0 Å². The van der Waals surface area contributed by atoms with Gasteiger partial charge in [0.05, 0.1) is 0 Å². The molecule has 0 bridgehead atoms. The summed E-state index contributed by atoms with van der Waals surface area (Å²) in [6, 6.07) is 9.75. The van der Waals surface area contributed by atoms with Crippen LogP contribution in [0.15, 0.2) is 24.3 Å². The summed E-state index contributed by atoms with van der Waals surface area (Å²) in [7, 11) is 2.20. The molecule has 0 aromatic heterocycles. The summed E-state index contributed by atoms with van der Waals surface area (Å²) in [5, 5.41) is 0. The van der Waals surface area contributed by atoms with Crippen LogP contribution in [0.5, 0.6) is 0 Å². The predicted octanol–water partition coefficient (Wildman–Crippen LogP) is 2.24. The van der Waals surface area contributed by atoms with E-state index >= 15 is 0 Å². The quantitative estimate of drug-likeness (QED) is 0.897. The Balaban J connectivity index is 0.00000144. The Morgan fingerprint density at radius 2 is 2.00 bits per heavy atom. The lowest BCUT2D eigenvalue weighted by molar-refractivity contribution is 0.213. The van der Waals surface area contributed by atoms with E-state index in [1.54, 1.807) is 0 Å². The molecule has 2 nitrogen and oxygen atoms in total. The third kappa shape index (κ3) is 3.70. The Kier molecular flexibility index (Phi) is 5.44. The highest BCUT2D eigenvalue weighted by Gasteiger charge is 2.21. The first-order chi connectivity index (χ1) is 7.66. The fourth-order valence-electron chi connectivity index (χ4n) is 2.66. The Bertz CT molecular complexity index is 352. The van der Waals surface area contributed by atoms with Gasteiger partial charge in [0, 0.05) is 18.6 Å². The van der Waals surface area contributed by atoms with Crippen LogP contribution in [0, 0.1) is 0 Å². The molecule has 0 fully saturated rings. The van der Waals surface area contributed by atoms with Gasteiger partial charge in [0.25, 0.3) is 0 Å². The third-order valence-electron chi connectivity index (χ3n) is 3.52. The molecule has 2 atom stereocenters. The van der Waals surface area contributed by atoms with E-state index in [2.05, 4.69) is 43.1 Å². The number of aryl methyl sites for hydroxylation is 1. The van der Waals surface area contributed by atoms with Crippen LogP contribution in [0.3, 0.4) is 0 Å². The van der Waals surface area contributed by atoms with Crippen molar-refractivity contribution >= 4 is 12.4 Å². The topological polar surface area (TPSA) is 29.3 Å². The first-order valence-corrected chi connectivity index (χ1v) is 6.19. The van der Waals surface area contributed by atoms with Gasteiger partial charge >= 0.3 is 0 Å². The van der Waals surface area contributed by atoms with E-state index in [9.17, 15) is 0 Å². The molecule has 0 heterocycles. The van der Waals surface area contributed by atoms with Crippen molar-refractivity contribution in [2.45, 2.75) is 38.3 Å². The van der Waals surface area contributed by atoms with Crippen LogP contribution in [0.1, 0.15) is 24.5 Å². The zero-order valence-electron chi connectivity index (χ0n) is 10.7. The molecule has 0 radical (unpaired) electrons. The number of hydrogen-bond acceptors (Lipinski definition) is 2. The van der Waals surface area contributed by atoms with E-state index in [-0.39, 0.29) is 18.4 Å². The number of benzene rings is 1. The lowest BCUT2D eigenvalue weighted by atomic mass is 9.87. The average Bonchev–Trinajstić information content (AvgIpc) is 2.27. The van der Waals surface area contributed by atoms with Crippen molar-refractivity contribution in [3.8, 4) is 0 Å². The van der Waals surface area contributed by atoms with Crippen LogP contribution in [0.2, 0.25) is 0 Å². The molecule has 0 saturated heterocycles. The highest BCUT2D eigenvalue weighted by atomic mass is 35.5. The predicted molar refractivity (Wildman–Crippen MR) is 75.8 cm³/mol. The number of nitrogens with zero attached hydrogens (tertiary/aromatic N) is 1. The van der Waals surface area contributed by atoms with Gasteiger partial charge in [-0.2, -0.15) is 0 Å². The van der Waals surface area contributed by atoms with E-state index in [0.29, 0.717) is 6.04 Å². The minimum absolute atomic E-state index is 0. The van der Waals surface area contributed by atoms with Gasteiger partial charge in [0.2, 0.25) is 0 Å². The minimum Gasteiger partial charge on any atom is -0.327 e. The molecule has 0 saturated carbocycles. The van der Waals surface area contributed by atoms with Gasteiger partial charge in [-0.25, -0.2) is 0 Å². The van der Waals surface area contributed by atoms with Crippen LogP contribution < -0.4 is 5.73 Å². The largest absolute Gasteiger partial charge is 0.327 e. The maximum atomic E-state index is 5.85. The molecule has 3 heteroatoms. The monoisotopic (exact) mass is 254 g/mol. The second-order valence-electron chi connectivity index (χ2n) is 5.08. The summed E-state index contributed by atoms with van der Waals surface area (Å²) in [5.41, 5.74) is 8.91. The molecule has 17 heavy (non-hydrogen) atoms. The molecule has 2 rings (SSSR count). The highest BCUT2D eigenvalue weighted by Crippen LogP contribution is 2.23. The Labute approximate surface area is 111 Å². The van der Waals surface area contributed by atoms with Crippen LogP contribution in [0.25, 0.3) is 0 Å². The van der Waals surface area contributed by atoms with Crippen molar-refractivity contribution in [1.82, 2.24) is 4.90 Å². The number of rotatable bonds is 3. The molecule has 1 aliphatic rings. The van der Waals surface area contributed by atoms with Gasteiger partial charge in [0.1, 0.15) is 0 Å². The number of nitrogens with two attached hydrogens (primary N) is 1. The molecule has 0 spiro atoms. The summed E-state index contributed by atoms with van der Waals surface area (Å²) in [4.78, 5) is 2.42. The van der Waals surface area contributed by atoms with E-state index < -0.39 is 0 Å². The van der Waals surface area contributed by atoms with Crippen molar-refractivity contribution in [3.05, 3.63) is 35.4 Å². The number of halogens is 1. The van der Waals surface area contributed by atoms with Gasteiger partial charge in [-0.15, -0.1) is 12.4 Å². The first kappa shape index (κ1) is 14.5. The molecule has 0 aliphatic heterocycles. The SMILES string of the molecule is CC(N)CN(C)C1CCc2ccccc2C1.Cl. The average molecular weight is 255 g/mol. The second-order valence-corrected chi connectivity index (χ2v) is 5.08. The van der Waals surface area contributed by atoms with Gasteiger partial charge in [-0.1, -0.05) is 24.3 Å². The maximum absolute atomic E-state index is 5.85. The van der Waals surface area contributed by atoms with Crippen LogP contribution >= 0.6 is 12.4 Å². The fraction of sp³-hybridized carbons (Fsp3) is 0.571. The Morgan fingerprint density at radius 3 is 2.65 bits per heavy atom. The summed E-state index contributed by atoms with van der Waals surface area (Å²) in [6.45, 7) is 3.07. The molecule has 2 unspecified atom stereocenters. The number of likely N-dealkylation sites (N-methyl/N-ethyl adjacent to an activating group) is 1. The summed E-state index contributed by atoms with van der Waals surface area (Å²) in [5.74, 6) is 0. The van der Waals surface area contributed by atoms with Crippen LogP contribution in [-0.4, -0.2) is 30.6 Å². The zero-order valence-corrected chi connectivity index (χ0v) is 11.5. The van der Waals surface area contributed by atoms with Crippen molar-refractivity contribution < 1.29 is 0 Å². The molecule has 96 valence electrons. The van der Waals surface area contributed by atoms with Crippen LogP contribution in [-0.2, 0) is 12.8 Å². The van der Waals surface area contributed by atoms with E-state index in [1.807, 2.05) is 0 Å². The number of fused-ring (bicyclic) bond motifs is 1. The Morgan fingerprint density at radius 1 is 1.35 bits per heavy atom. The lowest BCUT2D eigenvalue weighted by Crippen LogP contribution is -2.42. The molecular formula is C14H23ClN2. The standard InChI is InChI=1S/C14H22N2.ClH/c1-11(15)10-16(2)14-8-7-12-5-3-4-6-13(12)9-14;/h3-6,11,14H,7-10,15H2,1-2H3;1H. The van der Waals surface area contributed by atoms with Crippen molar-refractivity contribution in [1.29, 1.82) is 0 Å². The van der Waals surface area contributed by atoms with Gasteiger partial charge in [0.15, 0.2) is 0 Å². The molecular weight excluding hydrogens is 232 g/mol. The summed E-state index contributed by atoms with van der Waals surface area (Å²) in [6.07, 6.45) is 3.66. The number of hydrogen-bond donors (Lipinski definition) is 1. The fourth-order valence-corrected chi connectivity index (χ4v) is 2.66. The highest BCUT2D eigenvalue weighted by molar-refractivity contribution is 5.85. The summed E-state index contributed by atoms with van der Waals surface area (Å²) < 4.78 is 0. The normalized spacial score (nSPS) is 20.6. The summed E-state index contributed by atoms with van der Waals surface area (Å²) >= 11 is 0. The first-order valence-electron chi connectivity index (χ1n) is 6.19.